The lowest BCUT2D eigenvalue weighted by atomic mass is 9.85. The van der Waals surface area contributed by atoms with Crippen LogP contribution in [0.5, 0.6) is 0 Å². The van der Waals surface area contributed by atoms with Crippen molar-refractivity contribution in [1.82, 2.24) is 14.1 Å². The average molecular weight is 422 g/mol. The molecule has 0 fully saturated rings. The molecule has 0 atom stereocenters. The molecule has 0 bridgehead atoms. The summed E-state index contributed by atoms with van der Waals surface area (Å²) in [6, 6.07) is 22.6. The Labute approximate surface area is 190 Å². The Balaban J connectivity index is 1.83. The maximum absolute atomic E-state index is 4.21. The van der Waals surface area contributed by atoms with Crippen molar-refractivity contribution in [3.05, 3.63) is 90.5 Å². The van der Waals surface area contributed by atoms with Gasteiger partial charge in [0.05, 0.1) is 17.4 Å². The zero-order valence-electron chi connectivity index (χ0n) is 19.8. The molecule has 0 aliphatic carbocycles. The van der Waals surface area contributed by atoms with Crippen LogP contribution in [0.15, 0.2) is 79.4 Å². The molecular formula is C29H31N3. The van der Waals surface area contributed by atoms with Gasteiger partial charge in [-0.25, -0.2) is 4.98 Å². The molecule has 0 aliphatic rings. The maximum Gasteiger partial charge on any atom is 0.0991 e. The summed E-state index contributed by atoms with van der Waals surface area (Å²) < 4.78 is 4.44. The smallest absolute Gasteiger partial charge is 0.0991 e. The number of hydrogen-bond acceptors (Lipinski definition) is 1. The van der Waals surface area contributed by atoms with Gasteiger partial charge >= 0.3 is 0 Å². The first kappa shape index (κ1) is 20.6. The quantitative estimate of drug-likeness (QED) is 0.288. The van der Waals surface area contributed by atoms with Crippen LogP contribution >= 0.6 is 0 Å². The fourth-order valence-corrected chi connectivity index (χ4v) is 4.44. The van der Waals surface area contributed by atoms with Crippen molar-refractivity contribution in [1.29, 1.82) is 0 Å². The second-order valence-electron chi connectivity index (χ2n) is 10.8. The fraction of sp³-hybridized carbons (Fsp3) is 0.276. The van der Waals surface area contributed by atoms with Crippen LogP contribution in [0.3, 0.4) is 0 Å². The van der Waals surface area contributed by atoms with Gasteiger partial charge in [0.2, 0.25) is 0 Å². The number of benzene rings is 3. The Bertz CT molecular complexity index is 1350. The van der Waals surface area contributed by atoms with Gasteiger partial charge in [0.15, 0.2) is 0 Å². The predicted octanol–water partition coefficient (Wildman–Crippen LogP) is 7.56. The molecule has 0 aliphatic heterocycles. The van der Waals surface area contributed by atoms with Gasteiger partial charge in [0.1, 0.15) is 0 Å². The second-order valence-corrected chi connectivity index (χ2v) is 10.8. The number of rotatable bonds is 2. The molecule has 3 nitrogen and oxygen atoms in total. The Morgan fingerprint density at radius 2 is 1.22 bits per heavy atom. The molecule has 3 aromatic carbocycles. The van der Waals surface area contributed by atoms with E-state index in [-0.39, 0.29) is 10.8 Å². The summed E-state index contributed by atoms with van der Waals surface area (Å²) >= 11 is 0. The third kappa shape index (κ3) is 3.42. The fourth-order valence-electron chi connectivity index (χ4n) is 4.44. The molecular weight excluding hydrogens is 390 g/mol. The summed E-state index contributed by atoms with van der Waals surface area (Å²) in [4.78, 5) is 4.21. The molecule has 0 unspecified atom stereocenters. The van der Waals surface area contributed by atoms with E-state index in [1.807, 2.05) is 23.3 Å². The highest BCUT2D eigenvalue weighted by atomic mass is 15.0. The van der Waals surface area contributed by atoms with Crippen molar-refractivity contribution in [3.63, 3.8) is 0 Å². The number of aromatic nitrogens is 3. The molecule has 0 amide bonds. The molecule has 162 valence electrons. The molecule has 3 heteroatoms. The number of hydrogen-bond donors (Lipinski definition) is 0. The lowest BCUT2D eigenvalue weighted by molar-refractivity contribution is 0.590. The first-order valence-corrected chi connectivity index (χ1v) is 11.3. The van der Waals surface area contributed by atoms with Gasteiger partial charge in [-0.2, -0.15) is 0 Å². The van der Waals surface area contributed by atoms with Crippen LogP contribution in [-0.4, -0.2) is 14.1 Å². The van der Waals surface area contributed by atoms with Crippen molar-refractivity contribution < 1.29 is 0 Å². The lowest BCUT2D eigenvalue weighted by Crippen LogP contribution is -2.10. The Morgan fingerprint density at radius 1 is 0.656 bits per heavy atom. The highest BCUT2D eigenvalue weighted by molar-refractivity contribution is 6.09. The highest BCUT2D eigenvalue weighted by Crippen LogP contribution is 2.37. The maximum atomic E-state index is 4.21. The van der Waals surface area contributed by atoms with Crippen LogP contribution in [0, 0.1) is 0 Å². The molecule has 5 rings (SSSR count). The van der Waals surface area contributed by atoms with Gasteiger partial charge < -0.3 is 9.13 Å². The monoisotopic (exact) mass is 421 g/mol. The molecule has 0 saturated carbocycles. The van der Waals surface area contributed by atoms with Crippen LogP contribution in [0.4, 0.5) is 0 Å². The molecule has 32 heavy (non-hydrogen) atoms. The minimum absolute atomic E-state index is 0.103. The van der Waals surface area contributed by atoms with Crippen molar-refractivity contribution in [2.45, 2.75) is 52.4 Å². The number of nitrogens with zero attached hydrogens (tertiary/aromatic N) is 3. The normalized spacial score (nSPS) is 12.7. The van der Waals surface area contributed by atoms with Crippen LogP contribution in [0.1, 0.15) is 52.7 Å². The Hall–Kier alpha value is -3.33. The van der Waals surface area contributed by atoms with E-state index in [1.165, 1.54) is 32.9 Å². The predicted molar refractivity (Wildman–Crippen MR) is 135 cm³/mol. The minimum atomic E-state index is 0.103. The molecule has 0 saturated heterocycles. The third-order valence-electron chi connectivity index (χ3n) is 6.39. The molecule has 0 spiro atoms. The minimum Gasteiger partial charge on any atom is -0.309 e. The van der Waals surface area contributed by atoms with Gasteiger partial charge in [-0.3, -0.25) is 0 Å². The average Bonchev–Trinajstić information content (AvgIpc) is 3.38. The van der Waals surface area contributed by atoms with E-state index < -0.39 is 0 Å². The van der Waals surface area contributed by atoms with E-state index in [1.54, 1.807) is 0 Å². The van der Waals surface area contributed by atoms with Crippen LogP contribution < -0.4 is 0 Å². The van der Waals surface area contributed by atoms with Crippen molar-refractivity contribution in [2.75, 3.05) is 0 Å². The van der Waals surface area contributed by atoms with Crippen LogP contribution in [0.25, 0.3) is 33.2 Å². The SMILES string of the molecule is CC(C)(C)c1ccc2c(c1)c1cc(C(C)(C)C)ccc1n2-c1cccc(-n2ccnc2)c1. The van der Waals surface area contributed by atoms with Gasteiger partial charge in [0.25, 0.3) is 0 Å². The standard InChI is InChI=1S/C29H31N3/c1-28(2,3)20-10-12-26-24(16-20)25-17-21(29(4,5)6)11-13-27(25)32(26)23-9-7-8-22(18-23)31-15-14-30-19-31/h7-19H,1-6H3. The molecule has 0 N–H and O–H groups in total. The van der Waals surface area contributed by atoms with E-state index >= 15 is 0 Å². The van der Waals surface area contributed by atoms with E-state index in [0.29, 0.717) is 0 Å². The highest BCUT2D eigenvalue weighted by Gasteiger charge is 2.20. The van der Waals surface area contributed by atoms with Gasteiger partial charge in [-0.05, 0) is 64.4 Å². The largest absolute Gasteiger partial charge is 0.309 e. The topological polar surface area (TPSA) is 22.8 Å². The summed E-state index contributed by atoms with van der Waals surface area (Å²) in [5, 5.41) is 2.62. The zero-order chi connectivity index (χ0) is 22.7. The lowest BCUT2D eigenvalue weighted by Gasteiger charge is -2.19. The van der Waals surface area contributed by atoms with Gasteiger partial charge in [-0.15, -0.1) is 0 Å². The summed E-state index contributed by atoms with van der Waals surface area (Å²) in [5.74, 6) is 0. The molecule has 2 heterocycles. The molecule has 2 aromatic heterocycles. The third-order valence-corrected chi connectivity index (χ3v) is 6.39. The van der Waals surface area contributed by atoms with Gasteiger partial charge in [-0.1, -0.05) is 59.7 Å². The summed E-state index contributed by atoms with van der Waals surface area (Å²) in [7, 11) is 0. The van der Waals surface area contributed by atoms with E-state index in [9.17, 15) is 0 Å². The number of fused-ring (bicyclic) bond motifs is 3. The van der Waals surface area contributed by atoms with E-state index in [2.05, 4.69) is 112 Å². The summed E-state index contributed by atoms with van der Waals surface area (Å²) in [6.45, 7) is 13.7. The van der Waals surface area contributed by atoms with E-state index in [0.717, 1.165) is 11.4 Å². The zero-order valence-corrected chi connectivity index (χ0v) is 19.8. The molecule has 0 radical (unpaired) electrons. The number of imidazole rings is 1. The Kier molecular flexibility index (Phi) is 4.56. The van der Waals surface area contributed by atoms with Crippen molar-refractivity contribution >= 4 is 21.8 Å². The Morgan fingerprint density at radius 3 is 1.72 bits per heavy atom. The first-order valence-electron chi connectivity index (χ1n) is 11.3. The summed E-state index contributed by atoms with van der Waals surface area (Å²) in [5.41, 5.74) is 7.66. The van der Waals surface area contributed by atoms with Crippen molar-refractivity contribution in [3.8, 4) is 11.4 Å². The second kappa shape index (κ2) is 7.09. The van der Waals surface area contributed by atoms with Crippen molar-refractivity contribution in [2.24, 2.45) is 0 Å². The summed E-state index contributed by atoms with van der Waals surface area (Å²) in [6.07, 6.45) is 5.64. The van der Waals surface area contributed by atoms with Crippen LogP contribution in [0.2, 0.25) is 0 Å². The van der Waals surface area contributed by atoms with Gasteiger partial charge in [0, 0.05) is 34.5 Å². The van der Waals surface area contributed by atoms with E-state index in [4.69, 9.17) is 0 Å². The first-order chi connectivity index (χ1) is 15.1. The molecule has 5 aromatic rings. The van der Waals surface area contributed by atoms with Crippen LogP contribution in [-0.2, 0) is 10.8 Å².